The molecule has 1 aromatic heterocycles. The van der Waals surface area contributed by atoms with Gasteiger partial charge in [0, 0.05) is 47.9 Å². The number of hydrogen-bond donors (Lipinski definition) is 1. The molecule has 0 atom stereocenters. The number of hydrogen-bond acceptors (Lipinski definition) is 6. The molecule has 0 aliphatic rings. The van der Waals surface area contributed by atoms with Gasteiger partial charge in [0.05, 0.1) is 28.4 Å². The lowest BCUT2D eigenvalue weighted by atomic mass is 10.1. The number of fused-ring (bicyclic) bond motifs is 1. The monoisotopic (exact) mass is 587 g/mol. The third-order valence-electron chi connectivity index (χ3n) is 7.34. The molecule has 43 heavy (non-hydrogen) atoms. The number of para-hydroxylation sites is 2. The van der Waals surface area contributed by atoms with Crippen molar-refractivity contribution in [3.8, 4) is 23.0 Å². The summed E-state index contributed by atoms with van der Waals surface area (Å²) >= 11 is 0. The van der Waals surface area contributed by atoms with Gasteiger partial charge in [-0.25, -0.2) is 0 Å². The number of carbonyl (C=O) groups is 2. The van der Waals surface area contributed by atoms with E-state index in [9.17, 15) is 9.59 Å². The molecular formula is C34H41N3O6. The smallest absolute Gasteiger partial charge is 0.254 e. The van der Waals surface area contributed by atoms with Crippen LogP contribution in [0.3, 0.4) is 0 Å². The fourth-order valence-electron chi connectivity index (χ4n) is 5.24. The number of aromatic nitrogens is 1. The molecule has 0 aliphatic carbocycles. The summed E-state index contributed by atoms with van der Waals surface area (Å²) in [6.07, 6.45) is 2.64. The molecule has 2 amide bonds. The number of nitrogens with one attached hydrogen (secondary N) is 1. The molecule has 0 bridgehead atoms. The highest BCUT2D eigenvalue weighted by Crippen LogP contribution is 2.38. The van der Waals surface area contributed by atoms with Gasteiger partial charge in [0.1, 0.15) is 12.3 Å². The van der Waals surface area contributed by atoms with Gasteiger partial charge >= 0.3 is 0 Å². The molecule has 0 fully saturated rings. The highest BCUT2D eigenvalue weighted by atomic mass is 16.5. The second-order valence-electron chi connectivity index (χ2n) is 10.7. The van der Waals surface area contributed by atoms with Crippen LogP contribution >= 0.6 is 0 Å². The molecule has 0 radical (unpaired) electrons. The molecule has 0 saturated heterocycles. The van der Waals surface area contributed by atoms with Crippen molar-refractivity contribution in [3.63, 3.8) is 0 Å². The van der Waals surface area contributed by atoms with Crippen molar-refractivity contribution in [1.82, 2.24) is 14.8 Å². The summed E-state index contributed by atoms with van der Waals surface area (Å²) in [5.41, 5.74) is 3.42. The van der Waals surface area contributed by atoms with Crippen LogP contribution in [0, 0.1) is 5.92 Å². The summed E-state index contributed by atoms with van der Waals surface area (Å²) < 4.78 is 22.0. The van der Waals surface area contributed by atoms with Gasteiger partial charge in [0.25, 0.3) is 5.91 Å². The van der Waals surface area contributed by atoms with Crippen molar-refractivity contribution in [2.45, 2.75) is 26.8 Å². The molecule has 0 saturated carbocycles. The first-order chi connectivity index (χ1) is 20.8. The van der Waals surface area contributed by atoms with E-state index in [0.29, 0.717) is 54.6 Å². The molecule has 4 aromatic rings. The van der Waals surface area contributed by atoms with Crippen LogP contribution in [0.15, 0.2) is 66.9 Å². The molecule has 3 aromatic carbocycles. The molecule has 0 aliphatic heterocycles. The van der Waals surface area contributed by atoms with Crippen molar-refractivity contribution in [2.75, 3.05) is 48.1 Å². The van der Waals surface area contributed by atoms with Crippen molar-refractivity contribution < 1.29 is 28.5 Å². The fourth-order valence-corrected chi connectivity index (χ4v) is 5.24. The van der Waals surface area contributed by atoms with Crippen LogP contribution in [0.25, 0.3) is 10.9 Å². The summed E-state index contributed by atoms with van der Waals surface area (Å²) in [7, 11) is 6.14. The Labute approximate surface area is 253 Å². The van der Waals surface area contributed by atoms with Gasteiger partial charge in [-0.15, -0.1) is 0 Å². The van der Waals surface area contributed by atoms with Gasteiger partial charge in [0.2, 0.25) is 11.7 Å². The van der Waals surface area contributed by atoms with Crippen LogP contribution in [0.2, 0.25) is 0 Å². The number of carbonyl (C=O) groups excluding carboxylic acids is 2. The Bertz CT molecular complexity index is 1520. The topological polar surface area (TPSA) is 93.3 Å². The van der Waals surface area contributed by atoms with E-state index in [1.165, 1.54) is 21.3 Å². The summed E-state index contributed by atoms with van der Waals surface area (Å²) in [6.45, 7) is 5.15. The SMILES string of the molecule is COc1ccccc1CN(CCc1c[nH]c2ccccc12)C(=O)CN(CC(C)C)C(=O)c1cc(OC)c(OC)c(OC)c1. The first-order valence-electron chi connectivity index (χ1n) is 14.3. The Hall–Kier alpha value is -4.66. The molecule has 1 N–H and O–H groups in total. The maximum Gasteiger partial charge on any atom is 0.254 e. The number of amides is 2. The van der Waals surface area contributed by atoms with Crippen molar-refractivity contribution in [2.24, 2.45) is 5.92 Å². The first kappa shape index (κ1) is 31.3. The van der Waals surface area contributed by atoms with Crippen LogP contribution in [-0.2, 0) is 17.8 Å². The number of methoxy groups -OCH3 is 4. The Morgan fingerprint density at radius 1 is 0.791 bits per heavy atom. The van der Waals surface area contributed by atoms with E-state index in [1.807, 2.05) is 62.5 Å². The zero-order valence-corrected chi connectivity index (χ0v) is 25.8. The van der Waals surface area contributed by atoms with Crippen molar-refractivity contribution in [1.29, 1.82) is 0 Å². The van der Waals surface area contributed by atoms with E-state index in [2.05, 4.69) is 11.1 Å². The number of aromatic amines is 1. The average Bonchev–Trinajstić information content (AvgIpc) is 3.44. The van der Waals surface area contributed by atoms with Gasteiger partial charge in [-0.05, 0) is 42.2 Å². The van der Waals surface area contributed by atoms with E-state index in [4.69, 9.17) is 18.9 Å². The maximum absolute atomic E-state index is 14.1. The number of nitrogens with zero attached hydrogens (tertiary/aromatic N) is 2. The van der Waals surface area contributed by atoms with Crippen LogP contribution < -0.4 is 18.9 Å². The Morgan fingerprint density at radius 2 is 1.44 bits per heavy atom. The van der Waals surface area contributed by atoms with E-state index >= 15 is 0 Å². The van der Waals surface area contributed by atoms with Crippen LogP contribution in [0.1, 0.15) is 35.3 Å². The number of rotatable bonds is 14. The molecular weight excluding hydrogens is 546 g/mol. The van der Waals surface area contributed by atoms with E-state index in [-0.39, 0.29) is 24.3 Å². The van der Waals surface area contributed by atoms with E-state index < -0.39 is 0 Å². The second kappa shape index (κ2) is 14.5. The molecule has 9 nitrogen and oxygen atoms in total. The normalized spacial score (nSPS) is 11.0. The van der Waals surface area contributed by atoms with E-state index in [1.54, 1.807) is 29.0 Å². The fraction of sp³-hybridized carbons (Fsp3) is 0.353. The predicted molar refractivity (Wildman–Crippen MR) is 167 cm³/mol. The van der Waals surface area contributed by atoms with Gasteiger partial charge in [-0.2, -0.15) is 0 Å². The zero-order valence-electron chi connectivity index (χ0n) is 25.8. The lowest BCUT2D eigenvalue weighted by Crippen LogP contribution is -2.44. The largest absolute Gasteiger partial charge is 0.496 e. The average molecular weight is 588 g/mol. The summed E-state index contributed by atoms with van der Waals surface area (Å²) in [4.78, 5) is 34.7. The zero-order chi connectivity index (χ0) is 30.9. The molecule has 1 heterocycles. The van der Waals surface area contributed by atoms with Gasteiger partial charge in [0.15, 0.2) is 11.5 Å². The maximum atomic E-state index is 14.1. The third kappa shape index (κ3) is 7.41. The molecule has 0 unspecified atom stereocenters. The molecule has 0 spiro atoms. The second-order valence-corrected chi connectivity index (χ2v) is 10.7. The molecule has 228 valence electrons. The molecule has 9 heteroatoms. The Kier molecular flexibility index (Phi) is 10.5. The third-order valence-corrected chi connectivity index (χ3v) is 7.34. The number of H-pyrrole nitrogens is 1. The Balaban J connectivity index is 1.63. The quantitative estimate of drug-likeness (QED) is 0.207. The lowest BCUT2D eigenvalue weighted by molar-refractivity contribution is -0.132. The minimum Gasteiger partial charge on any atom is -0.496 e. The summed E-state index contributed by atoms with van der Waals surface area (Å²) in [5, 5.41) is 1.13. The predicted octanol–water partition coefficient (Wildman–Crippen LogP) is 5.57. The highest BCUT2D eigenvalue weighted by molar-refractivity contribution is 5.97. The summed E-state index contributed by atoms with van der Waals surface area (Å²) in [5.74, 6) is 1.53. The van der Waals surface area contributed by atoms with Crippen LogP contribution in [0.4, 0.5) is 0 Å². The Morgan fingerprint density at radius 3 is 2.09 bits per heavy atom. The number of benzene rings is 3. The minimum absolute atomic E-state index is 0.0866. The van der Waals surface area contributed by atoms with Gasteiger partial charge < -0.3 is 33.7 Å². The number of ether oxygens (including phenoxy) is 4. The first-order valence-corrected chi connectivity index (χ1v) is 14.3. The molecule has 4 rings (SSSR count). The minimum atomic E-state index is -0.296. The van der Waals surface area contributed by atoms with E-state index in [0.717, 1.165) is 22.0 Å². The summed E-state index contributed by atoms with van der Waals surface area (Å²) in [6, 6.07) is 19.0. The van der Waals surface area contributed by atoms with Gasteiger partial charge in [-0.1, -0.05) is 50.2 Å². The van der Waals surface area contributed by atoms with Gasteiger partial charge in [-0.3, -0.25) is 9.59 Å². The van der Waals surface area contributed by atoms with Crippen molar-refractivity contribution >= 4 is 22.7 Å². The lowest BCUT2D eigenvalue weighted by Gasteiger charge is -2.29. The van der Waals surface area contributed by atoms with Crippen LogP contribution in [-0.4, -0.2) is 74.7 Å². The highest BCUT2D eigenvalue weighted by Gasteiger charge is 2.26. The van der Waals surface area contributed by atoms with Crippen molar-refractivity contribution in [3.05, 3.63) is 83.6 Å². The van der Waals surface area contributed by atoms with Crippen LogP contribution in [0.5, 0.6) is 23.0 Å². The standard InChI is InChI=1S/C34H41N3O6/c1-23(2)20-37(34(39)26-17-30(41-4)33(43-6)31(18-26)42-5)22-32(38)36(21-25-11-7-10-14-29(25)40-3)16-15-24-19-35-28-13-9-8-12-27(24)28/h7-14,17-19,23,35H,15-16,20-22H2,1-6H3.